The molecule has 0 spiro atoms. The summed E-state index contributed by atoms with van der Waals surface area (Å²) in [5, 5.41) is 13.8. The van der Waals surface area contributed by atoms with Gasteiger partial charge in [0.05, 0.1) is 4.92 Å². The van der Waals surface area contributed by atoms with Crippen LogP contribution in [-0.4, -0.2) is 40.8 Å². The molecule has 1 heterocycles. The summed E-state index contributed by atoms with van der Waals surface area (Å²) < 4.78 is 0. The quantitative estimate of drug-likeness (QED) is 0.478. The smallest absolute Gasteiger partial charge is 0.270 e. The van der Waals surface area contributed by atoms with Gasteiger partial charge in [-0.05, 0) is 37.3 Å². The molecule has 1 aromatic carbocycles. The Morgan fingerprint density at radius 1 is 1.11 bits per heavy atom. The summed E-state index contributed by atoms with van der Waals surface area (Å²) in [6, 6.07) is 6.21. The van der Waals surface area contributed by atoms with Crippen LogP contribution in [0.3, 0.4) is 0 Å². The van der Waals surface area contributed by atoms with Crippen molar-refractivity contribution in [2.75, 3.05) is 13.1 Å². The van der Waals surface area contributed by atoms with Crippen LogP contribution in [0, 0.1) is 16.0 Å². The van der Waals surface area contributed by atoms with Crippen LogP contribution in [0.15, 0.2) is 30.3 Å². The van der Waals surface area contributed by atoms with Gasteiger partial charge >= 0.3 is 0 Å². The number of likely N-dealkylation sites (tertiary alicyclic amines) is 1. The molecule has 28 heavy (non-hydrogen) atoms. The van der Waals surface area contributed by atoms with Gasteiger partial charge in [-0.25, -0.2) is 0 Å². The third-order valence-electron chi connectivity index (χ3n) is 5.62. The summed E-state index contributed by atoms with van der Waals surface area (Å²) in [4.78, 5) is 37.1. The molecule has 2 aliphatic rings. The fourth-order valence-electron chi connectivity index (χ4n) is 4.02. The molecule has 7 heteroatoms. The Hall–Kier alpha value is -2.70. The predicted molar refractivity (Wildman–Crippen MR) is 106 cm³/mol. The minimum Gasteiger partial charge on any atom is -0.350 e. The fourth-order valence-corrected chi connectivity index (χ4v) is 4.02. The number of carbonyl (C=O) groups excluding carboxylic acids is 2. The number of benzene rings is 1. The molecule has 0 bridgehead atoms. The summed E-state index contributed by atoms with van der Waals surface area (Å²) in [5.74, 6) is 0.261. The zero-order valence-corrected chi connectivity index (χ0v) is 16.0. The Labute approximate surface area is 164 Å². The van der Waals surface area contributed by atoms with Crippen molar-refractivity contribution in [1.29, 1.82) is 0 Å². The lowest BCUT2D eigenvalue weighted by Crippen LogP contribution is -2.48. The Bertz CT molecular complexity index is 748. The maximum absolute atomic E-state index is 12.6. The Balaban J connectivity index is 1.45. The van der Waals surface area contributed by atoms with Gasteiger partial charge in [0, 0.05) is 43.3 Å². The lowest BCUT2D eigenvalue weighted by Gasteiger charge is -2.35. The lowest BCUT2D eigenvalue weighted by molar-refractivity contribution is -0.384. The second-order valence-electron chi connectivity index (χ2n) is 7.63. The molecule has 2 amide bonds. The Morgan fingerprint density at radius 3 is 2.50 bits per heavy atom. The van der Waals surface area contributed by atoms with Crippen molar-refractivity contribution in [2.24, 2.45) is 5.92 Å². The summed E-state index contributed by atoms with van der Waals surface area (Å²) in [6.07, 6.45) is 10.1. The van der Waals surface area contributed by atoms with Gasteiger partial charge in [-0.1, -0.05) is 31.4 Å². The van der Waals surface area contributed by atoms with Crippen LogP contribution in [0.2, 0.25) is 0 Å². The molecule has 150 valence electrons. The van der Waals surface area contributed by atoms with Crippen molar-refractivity contribution in [3.05, 3.63) is 46.0 Å². The van der Waals surface area contributed by atoms with E-state index >= 15 is 0 Å². The standard InChI is InChI=1S/C21H27N3O4/c25-20(10-9-16-5-4-8-19(15-16)24(27)28)22-18-11-13-23(14-12-18)21(26)17-6-2-1-3-7-17/h4-5,8-10,15,17-18H,1-3,6-7,11-14H2,(H,22,25). The van der Waals surface area contributed by atoms with E-state index in [1.807, 2.05) is 4.90 Å². The molecule has 1 N–H and O–H groups in total. The van der Waals surface area contributed by atoms with Gasteiger partial charge in [0.2, 0.25) is 11.8 Å². The molecule has 0 radical (unpaired) electrons. The van der Waals surface area contributed by atoms with Gasteiger partial charge in [-0.3, -0.25) is 19.7 Å². The molecule has 0 aromatic heterocycles. The van der Waals surface area contributed by atoms with E-state index in [0.29, 0.717) is 18.7 Å². The topological polar surface area (TPSA) is 92.5 Å². The van der Waals surface area contributed by atoms with Crippen molar-refractivity contribution >= 4 is 23.6 Å². The zero-order valence-electron chi connectivity index (χ0n) is 16.0. The third kappa shape index (κ3) is 5.41. The first-order chi connectivity index (χ1) is 13.5. The maximum Gasteiger partial charge on any atom is 0.270 e. The number of hydrogen-bond acceptors (Lipinski definition) is 4. The van der Waals surface area contributed by atoms with Crippen LogP contribution in [-0.2, 0) is 9.59 Å². The highest BCUT2D eigenvalue weighted by Gasteiger charge is 2.29. The molecule has 1 saturated heterocycles. The van der Waals surface area contributed by atoms with Crippen LogP contribution >= 0.6 is 0 Å². The molecule has 3 rings (SSSR count). The van der Waals surface area contributed by atoms with Gasteiger partial charge in [-0.15, -0.1) is 0 Å². The predicted octanol–water partition coefficient (Wildman–Crippen LogP) is 3.30. The van der Waals surface area contributed by atoms with E-state index in [9.17, 15) is 19.7 Å². The zero-order chi connectivity index (χ0) is 19.9. The van der Waals surface area contributed by atoms with Crippen molar-refractivity contribution in [3.8, 4) is 0 Å². The number of piperidine rings is 1. The highest BCUT2D eigenvalue weighted by molar-refractivity contribution is 5.92. The molecule has 7 nitrogen and oxygen atoms in total. The number of carbonyl (C=O) groups is 2. The Morgan fingerprint density at radius 2 is 1.82 bits per heavy atom. The van der Waals surface area contributed by atoms with Crippen LogP contribution < -0.4 is 5.32 Å². The SMILES string of the molecule is O=C(C=Cc1cccc([N+](=O)[O-])c1)NC1CCN(C(=O)C2CCCCC2)CC1. The van der Waals surface area contributed by atoms with E-state index in [0.717, 1.165) is 38.5 Å². The molecule has 1 saturated carbocycles. The van der Waals surface area contributed by atoms with Gasteiger partial charge in [-0.2, -0.15) is 0 Å². The number of rotatable bonds is 5. The summed E-state index contributed by atoms with van der Waals surface area (Å²) in [5.41, 5.74) is 0.606. The number of amides is 2. The monoisotopic (exact) mass is 385 g/mol. The van der Waals surface area contributed by atoms with Crippen molar-refractivity contribution < 1.29 is 14.5 Å². The number of non-ortho nitro benzene ring substituents is 1. The first kappa shape index (κ1) is 20.0. The van der Waals surface area contributed by atoms with E-state index in [1.165, 1.54) is 24.6 Å². The minimum absolute atomic E-state index is 0.00226. The van der Waals surface area contributed by atoms with Gasteiger partial charge in [0.1, 0.15) is 0 Å². The molecule has 2 fully saturated rings. The molecule has 1 aliphatic heterocycles. The van der Waals surface area contributed by atoms with Crippen LogP contribution in [0.25, 0.3) is 6.08 Å². The minimum atomic E-state index is -0.459. The lowest BCUT2D eigenvalue weighted by atomic mass is 9.87. The second kappa shape index (κ2) is 9.48. The van der Waals surface area contributed by atoms with Crippen molar-refractivity contribution in [3.63, 3.8) is 0 Å². The molecule has 0 atom stereocenters. The number of nitrogens with one attached hydrogen (secondary N) is 1. The van der Waals surface area contributed by atoms with Gasteiger partial charge in [0.25, 0.3) is 5.69 Å². The highest BCUT2D eigenvalue weighted by Crippen LogP contribution is 2.26. The normalized spacial score (nSPS) is 18.9. The average Bonchev–Trinajstić information content (AvgIpc) is 2.73. The van der Waals surface area contributed by atoms with Crippen molar-refractivity contribution in [2.45, 2.75) is 51.0 Å². The third-order valence-corrected chi connectivity index (χ3v) is 5.62. The molecule has 1 aromatic rings. The van der Waals surface area contributed by atoms with E-state index in [2.05, 4.69) is 5.32 Å². The summed E-state index contributed by atoms with van der Waals surface area (Å²) in [7, 11) is 0. The number of hydrogen-bond donors (Lipinski definition) is 1. The number of nitro benzene ring substituents is 1. The first-order valence-corrected chi connectivity index (χ1v) is 10.0. The Kier molecular flexibility index (Phi) is 6.79. The van der Waals surface area contributed by atoms with E-state index in [4.69, 9.17) is 0 Å². The van der Waals surface area contributed by atoms with E-state index < -0.39 is 4.92 Å². The molecular formula is C21H27N3O4. The van der Waals surface area contributed by atoms with Gasteiger partial charge < -0.3 is 10.2 Å². The number of nitrogens with zero attached hydrogens (tertiary/aromatic N) is 2. The largest absolute Gasteiger partial charge is 0.350 e. The highest BCUT2D eigenvalue weighted by atomic mass is 16.6. The molecule has 1 aliphatic carbocycles. The van der Waals surface area contributed by atoms with E-state index in [-0.39, 0.29) is 29.5 Å². The fraction of sp³-hybridized carbons (Fsp3) is 0.524. The number of nitro groups is 1. The molecular weight excluding hydrogens is 358 g/mol. The average molecular weight is 385 g/mol. The maximum atomic E-state index is 12.6. The molecule has 0 unspecified atom stereocenters. The van der Waals surface area contributed by atoms with Gasteiger partial charge in [0.15, 0.2) is 0 Å². The van der Waals surface area contributed by atoms with Crippen molar-refractivity contribution in [1.82, 2.24) is 10.2 Å². The summed E-state index contributed by atoms with van der Waals surface area (Å²) in [6.45, 7) is 1.38. The summed E-state index contributed by atoms with van der Waals surface area (Å²) >= 11 is 0. The first-order valence-electron chi connectivity index (χ1n) is 10.0. The van der Waals surface area contributed by atoms with Crippen LogP contribution in [0.5, 0.6) is 0 Å². The van der Waals surface area contributed by atoms with Crippen LogP contribution in [0.4, 0.5) is 5.69 Å². The second-order valence-corrected chi connectivity index (χ2v) is 7.63. The van der Waals surface area contributed by atoms with E-state index in [1.54, 1.807) is 18.2 Å². The van der Waals surface area contributed by atoms with Crippen LogP contribution in [0.1, 0.15) is 50.5 Å².